The minimum absolute atomic E-state index is 0.0842. The van der Waals surface area contributed by atoms with Crippen molar-refractivity contribution in [2.45, 2.75) is 413 Å². The van der Waals surface area contributed by atoms with E-state index >= 15 is 0 Å². The van der Waals surface area contributed by atoms with Gasteiger partial charge in [0.05, 0.1) is 26.4 Å². The first kappa shape index (κ1) is 96.5. The highest BCUT2D eigenvalue weighted by molar-refractivity contribution is 7.47. The Morgan fingerprint density at radius 1 is 0.313 bits per heavy atom. The normalized spacial score (nSPS) is 14.1. The lowest BCUT2D eigenvalue weighted by atomic mass is 10.0. The lowest BCUT2D eigenvalue weighted by Gasteiger charge is -2.21. The molecule has 0 aliphatic rings. The molecule has 5 atom stereocenters. The molecule has 0 bridgehead atoms. The fourth-order valence-electron chi connectivity index (χ4n) is 11.8. The van der Waals surface area contributed by atoms with Gasteiger partial charge in [-0.1, -0.05) is 342 Å². The lowest BCUT2D eigenvalue weighted by Crippen LogP contribution is -2.30. The molecular formula is C80H152O17P2. The molecule has 0 aliphatic heterocycles. The SMILES string of the molecule is CCCCCC/C=C\C=C/CCCCCCCC(=O)O[C@H](COC(=O)CCCCCCC)COP(=O)(O)OC[C@H](O)COP(=O)(O)OC[C@@H](COC(=O)CCCCCCCCCCCCCCCCCC(C)C)OC(=O)CCCCCCCCCCCCCCCCCCCCC(C)C. The van der Waals surface area contributed by atoms with Gasteiger partial charge in [-0.3, -0.25) is 37.3 Å². The van der Waals surface area contributed by atoms with Crippen LogP contribution in [-0.2, 0) is 65.4 Å². The minimum Gasteiger partial charge on any atom is -0.462 e. The van der Waals surface area contributed by atoms with Gasteiger partial charge in [0.15, 0.2) is 12.2 Å². The highest BCUT2D eigenvalue weighted by Gasteiger charge is 2.30. The van der Waals surface area contributed by atoms with Crippen LogP contribution in [0.15, 0.2) is 24.3 Å². The summed E-state index contributed by atoms with van der Waals surface area (Å²) in [6.45, 7) is 9.53. The number of aliphatic hydroxyl groups is 1. The zero-order chi connectivity index (χ0) is 72.8. The van der Waals surface area contributed by atoms with E-state index in [-0.39, 0.29) is 25.7 Å². The van der Waals surface area contributed by atoms with E-state index in [0.717, 1.165) is 121 Å². The van der Waals surface area contributed by atoms with Crippen molar-refractivity contribution >= 4 is 39.5 Å². The lowest BCUT2D eigenvalue weighted by molar-refractivity contribution is -0.161. The van der Waals surface area contributed by atoms with Crippen molar-refractivity contribution in [3.63, 3.8) is 0 Å². The van der Waals surface area contributed by atoms with Crippen molar-refractivity contribution in [1.82, 2.24) is 0 Å². The molecule has 0 aromatic carbocycles. The van der Waals surface area contributed by atoms with E-state index in [1.165, 1.54) is 193 Å². The Kier molecular flexibility index (Phi) is 69.4. The molecule has 0 aromatic rings. The first-order chi connectivity index (χ1) is 47.9. The molecular weight excluding hydrogens is 1290 g/mol. The van der Waals surface area contributed by atoms with Crippen molar-refractivity contribution in [3.05, 3.63) is 24.3 Å². The molecule has 584 valence electrons. The Morgan fingerprint density at radius 2 is 0.545 bits per heavy atom. The molecule has 17 nitrogen and oxygen atoms in total. The monoisotopic (exact) mass is 1450 g/mol. The smallest absolute Gasteiger partial charge is 0.462 e. The molecule has 0 saturated heterocycles. The van der Waals surface area contributed by atoms with E-state index in [9.17, 15) is 43.2 Å². The number of phosphoric acid groups is 2. The van der Waals surface area contributed by atoms with Crippen molar-refractivity contribution in [2.24, 2.45) is 11.8 Å². The van der Waals surface area contributed by atoms with Crippen LogP contribution in [0.1, 0.15) is 395 Å². The maximum absolute atomic E-state index is 13.1. The van der Waals surface area contributed by atoms with Gasteiger partial charge in [-0.05, 0) is 63.2 Å². The third-order valence-electron chi connectivity index (χ3n) is 18.1. The molecule has 2 unspecified atom stereocenters. The van der Waals surface area contributed by atoms with Gasteiger partial charge in [0, 0.05) is 25.7 Å². The summed E-state index contributed by atoms with van der Waals surface area (Å²) < 4.78 is 68.4. The number of esters is 4. The van der Waals surface area contributed by atoms with E-state index in [4.69, 9.17) is 37.0 Å². The summed E-state index contributed by atoms with van der Waals surface area (Å²) in [4.78, 5) is 72.6. The summed E-state index contributed by atoms with van der Waals surface area (Å²) in [6, 6.07) is 0. The van der Waals surface area contributed by atoms with E-state index in [0.29, 0.717) is 25.7 Å². The Morgan fingerprint density at radius 3 is 0.828 bits per heavy atom. The van der Waals surface area contributed by atoms with Gasteiger partial charge < -0.3 is 33.8 Å². The zero-order valence-corrected chi connectivity index (χ0v) is 66.1. The minimum atomic E-state index is -4.96. The maximum Gasteiger partial charge on any atom is 0.472 e. The van der Waals surface area contributed by atoms with Crippen molar-refractivity contribution in [3.8, 4) is 0 Å². The van der Waals surface area contributed by atoms with Crippen LogP contribution in [0.2, 0.25) is 0 Å². The number of carbonyl (C=O) groups excluding carboxylic acids is 4. The molecule has 99 heavy (non-hydrogen) atoms. The summed E-state index contributed by atoms with van der Waals surface area (Å²) in [5, 5.41) is 10.6. The summed E-state index contributed by atoms with van der Waals surface area (Å²) in [5.41, 5.74) is 0. The fourth-order valence-corrected chi connectivity index (χ4v) is 13.4. The number of aliphatic hydroxyl groups excluding tert-OH is 1. The predicted molar refractivity (Wildman–Crippen MR) is 404 cm³/mol. The molecule has 0 aliphatic carbocycles. The summed E-state index contributed by atoms with van der Waals surface area (Å²) in [7, 11) is -9.92. The third-order valence-corrected chi connectivity index (χ3v) is 20.0. The number of phosphoric ester groups is 2. The van der Waals surface area contributed by atoms with Crippen molar-refractivity contribution < 1.29 is 80.2 Å². The number of carbonyl (C=O) groups is 4. The van der Waals surface area contributed by atoms with Crippen LogP contribution < -0.4 is 0 Å². The molecule has 19 heteroatoms. The fraction of sp³-hybridized carbons (Fsp3) is 0.900. The highest BCUT2D eigenvalue weighted by Crippen LogP contribution is 2.45. The van der Waals surface area contributed by atoms with Gasteiger partial charge in [0.2, 0.25) is 0 Å². The molecule has 0 rings (SSSR count). The van der Waals surface area contributed by atoms with Crippen LogP contribution in [0.5, 0.6) is 0 Å². The number of hydrogen-bond donors (Lipinski definition) is 3. The maximum atomic E-state index is 13.1. The van der Waals surface area contributed by atoms with Crippen LogP contribution in [0.3, 0.4) is 0 Å². The third kappa shape index (κ3) is 73.6. The second kappa shape index (κ2) is 71.2. The van der Waals surface area contributed by atoms with Crippen molar-refractivity contribution in [1.29, 1.82) is 0 Å². The number of ether oxygens (including phenoxy) is 4. The summed E-state index contributed by atoms with van der Waals surface area (Å²) >= 11 is 0. The Balaban J connectivity index is 5.15. The molecule has 0 radical (unpaired) electrons. The number of hydrogen-bond acceptors (Lipinski definition) is 15. The van der Waals surface area contributed by atoms with Crippen LogP contribution in [0, 0.1) is 11.8 Å². The molecule has 0 aromatic heterocycles. The molecule has 0 amide bonds. The Hall–Kier alpha value is -2.46. The molecule has 0 fully saturated rings. The number of allylic oxidation sites excluding steroid dienone is 4. The van der Waals surface area contributed by atoms with E-state index < -0.39 is 97.5 Å². The molecule has 0 heterocycles. The quantitative estimate of drug-likeness (QED) is 0.0169. The molecule has 0 saturated carbocycles. The van der Waals surface area contributed by atoms with E-state index in [1.54, 1.807) is 0 Å². The van der Waals surface area contributed by atoms with Crippen LogP contribution in [-0.4, -0.2) is 96.7 Å². The van der Waals surface area contributed by atoms with E-state index in [2.05, 4.69) is 65.8 Å². The second-order valence-corrected chi connectivity index (χ2v) is 32.0. The van der Waals surface area contributed by atoms with Crippen LogP contribution in [0.4, 0.5) is 0 Å². The van der Waals surface area contributed by atoms with Gasteiger partial charge in [-0.15, -0.1) is 0 Å². The molecule has 0 spiro atoms. The summed E-state index contributed by atoms with van der Waals surface area (Å²) in [5.74, 6) is -0.529. The van der Waals surface area contributed by atoms with Crippen molar-refractivity contribution in [2.75, 3.05) is 39.6 Å². The van der Waals surface area contributed by atoms with Gasteiger partial charge in [-0.2, -0.15) is 0 Å². The predicted octanol–water partition coefficient (Wildman–Crippen LogP) is 23.4. The van der Waals surface area contributed by atoms with E-state index in [1.807, 2.05) is 0 Å². The number of unbranched alkanes of at least 4 members (excludes halogenated alkanes) is 44. The Bertz CT molecular complexity index is 2000. The number of rotatable bonds is 77. The standard InChI is InChI=1S/C80H152O17P2/c1-7-9-11-13-14-15-16-17-23-31-36-41-46-52-58-64-79(84)96-75(68-90-77(82)62-56-48-12-10-8-2)70-94-98(86,87)92-66-74(81)67-93-99(88,89)95-71-76(69-91-78(83)63-57-51-45-40-35-30-27-22-25-29-34-39-44-50-55-61-73(5)6)97-80(85)65-59-53-47-42-37-32-26-21-19-18-20-24-28-33-38-43-49-54-60-72(3)4/h15-17,23,72-76,81H,7-14,18-22,24-71H2,1-6H3,(H,86,87)(H,88,89)/b16-15-,23-17-/t74-,75+,76+/m0/s1. The molecule has 3 N–H and O–H groups in total. The average molecular weight is 1450 g/mol. The van der Waals surface area contributed by atoms with Crippen LogP contribution >= 0.6 is 15.6 Å². The first-order valence-electron chi connectivity index (χ1n) is 40.8. The van der Waals surface area contributed by atoms with Gasteiger partial charge in [0.25, 0.3) is 0 Å². The van der Waals surface area contributed by atoms with Gasteiger partial charge in [-0.25, -0.2) is 9.13 Å². The first-order valence-corrected chi connectivity index (χ1v) is 43.8. The van der Waals surface area contributed by atoms with Gasteiger partial charge >= 0.3 is 39.5 Å². The van der Waals surface area contributed by atoms with Gasteiger partial charge in [0.1, 0.15) is 19.3 Å². The zero-order valence-electron chi connectivity index (χ0n) is 64.3. The second-order valence-electron chi connectivity index (χ2n) is 29.1. The highest BCUT2D eigenvalue weighted by atomic mass is 31.2. The summed E-state index contributed by atoms with van der Waals surface area (Å²) in [6.07, 6.45) is 63.7. The largest absolute Gasteiger partial charge is 0.472 e. The van der Waals surface area contributed by atoms with Crippen LogP contribution in [0.25, 0.3) is 0 Å². The topological polar surface area (TPSA) is 237 Å². The average Bonchev–Trinajstić information content (AvgIpc) is 1.15. The Labute approximate surface area is 605 Å².